The van der Waals surface area contributed by atoms with Gasteiger partial charge in [0.15, 0.2) is 11.8 Å². The zero-order chi connectivity index (χ0) is 19.4. The summed E-state index contributed by atoms with van der Waals surface area (Å²) in [5.74, 6) is -0.427. The van der Waals surface area contributed by atoms with Crippen LogP contribution in [0, 0.1) is 5.82 Å². The summed E-state index contributed by atoms with van der Waals surface area (Å²) >= 11 is 5.99. The molecule has 3 heterocycles. The highest BCUT2D eigenvalue weighted by Crippen LogP contribution is 2.52. The predicted molar refractivity (Wildman–Crippen MR) is 98.1 cm³/mol. The number of nitrogens with zero attached hydrogens (tertiary/aromatic N) is 2. The zero-order valence-electron chi connectivity index (χ0n) is 14.8. The fourth-order valence-electron chi connectivity index (χ4n) is 3.83. The van der Waals surface area contributed by atoms with E-state index in [0.717, 1.165) is 0 Å². The number of halogens is 3. The van der Waals surface area contributed by atoms with Crippen molar-refractivity contribution < 1.29 is 18.3 Å². The van der Waals surface area contributed by atoms with Crippen molar-refractivity contribution in [2.45, 2.75) is 37.6 Å². The summed E-state index contributed by atoms with van der Waals surface area (Å²) in [6.07, 6.45) is 1.45. The van der Waals surface area contributed by atoms with E-state index in [2.05, 4.69) is 9.98 Å². The number of amidine groups is 1. The first-order valence-corrected chi connectivity index (χ1v) is 8.85. The van der Waals surface area contributed by atoms with Crippen LogP contribution in [0.3, 0.4) is 0 Å². The van der Waals surface area contributed by atoms with Crippen LogP contribution in [0.1, 0.15) is 25.8 Å². The van der Waals surface area contributed by atoms with Crippen molar-refractivity contribution in [3.8, 4) is 16.9 Å². The van der Waals surface area contributed by atoms with Crippen molar-refractivity contribution in [3.63, 3.8) is 0 Å². The third kappa shape index (κ3) is 2.90. The number of aromatic nitrogens is 1. The standard InChI is InChI=1S/C19H18ClF2N3O2/c1-18(2)9-19(14(21)8-25-17(23)27-19)15-13(26-18)4-3-12(16(15)22)10-5-11(20)7-24-6-10/h3-7,14H,8-9H2,1-2H3,(H2,23,25)/t14-,19?/m1/s1. The Morgan fingerprint density at radius 1 is 1.26 bits per heavy atom. The lowest BCUT2D eigenvalue weighted by Crippen LogP contribution is -2.56. The Labute approximate surface area is 160 Å². The molecule has 0 aliphatic carbocycles. The van der Waals surface area contributed by atoms with E-state index in [4.69, 9.17) is 26.8 Å². The first-order valence-electron chi connectivity index (χ1n) is 8.48. The molecule has 0 saturated heterocycles. The fraction of sp³-hybridized carbons (Fsp3) is 0.368. The number of alkyl halides is 1. The number of fused-ring (bicyclic) bond motifs is 2. The fourth-order valence-corrected chi connectivity index (χ4v) is 4.00. The third-order valence-electron chi connectivity index (χ3n) is 4.82. The van der Waals surface area contributed by atoms with E-state index in [0.29, 0.717) is 10.6 Å². The molecule has 2 aliphatic heterocycles. The Bertz CT molecular complexity index is 951. The van der Waals surface area contributed by atoms with Gasteiger partial charge in [-0.05, 0) is 32.0 Å². The van der Waals surface area contributed by atoms with Gasteiger partial charge in [-0.2, -0.15) is 0 Å². The Hall–Kier alpha value is -2.41. The van der Waals surface area contributed by atoms with Crippen LogP contribution in [0.15, 0.2) is 35.6 Å². The Balaban J connectivity index is 1.96. The minimum Gasteiger partial charge on any atom is -0.487 e. The van der Waals surface area contributed by atoms with Gasteiger partial charge in [-0.25, -0.2) is 13.8 Å². The number of nitrogens with two attached hydrogens (primary N) is 1. The first kappa shape index (κ1) is 18.0. The molecular formula is C19H18ClF2N3O2. The topological polar surface area (TPSA) is 69.7 Å². The lowest BCUT2D eigenvalue weighted by molar-refractivity contribution is -0.106. The van der Waals surface area contributed by atoms with Gasteiger partial charge in [0.05, 0.1) is 17.1 Å². The highest BCUT2D eigenvalue weighted by molar-refractivity contribution is 6.30. The minimum atomic E-state index is -1.62. The molecule has 2 aromatic rings. The number of rotatable bonds is 1. The molecule has 1 spiro atoms. The number of hydrogen-bond donors (Lipinski definition) is 1. The van der Waals surface area contributed by atoms with Crippen LogP contribution in [-0.4, -0.2) is 29.3 Å². The number of pyridine rings is 1. The molecular weight excluding hydrogens is 376 g/mol. The van der Waals surface area contributed by atoms with Crippen molar-refractivity contribution in [3.05, 3.63) is 47.0 Å². The smallest absolute Gasteiger partial charge is 0.283 e. The molecule has 0 radical (unpaired) electrons. The number of hydrogen-bond acceptors (Lipinski definition) is 5. The second-order valence-electron chi connectivity index (χ2n) is 7.37. The van der Waals surface area contributed by atoms with Crippen LogP contribution < -0.4 is 10.5 Å². The summed E-state index contributed by atoms with van der Waals surface area (Å²) < 4.78 is 42.4. The van der Waals surface area contributed by atoms with E-state index >= 15 is 8.78 Å². The van der Waals surface area contributed by atoms with Crippen LogP contribution in [0.4, 0.5) is 8.78 Å². The van der Waals surface area contributed by atoms with Gasteiger partial charge in [0.2, 0.25) is 0 Å². The van der Waals surface area contributed by atoms with Crippen molar-refractivity contribution in [2.24, 2.45) is 10.7 Å². The number of ether oxygens (including phenoxy) is 2. The lowest BCUT2D eigenvalue weighted by atomic mass is 9.75. The van der Waals surface area contributed by atoms with Gasteiger partial charge in [0, 0.05) is 29.9 Å². The number of aliphatic imine (C=N–C) groups is 1. The summed E-state index contributed by atoms with van der Waals surface area (Å²) in [5.41, 5.74) is 4.04. The molecule has 0 bridgehead atoms. The van der Waals surface area contributed by atoms with Gasteiger partial charge >= 0.3 is 0 Å². The average molecular weight is 394 g/mol. The maximum Gasteiger partial charge on any atom is 0.283 e. The molecule has 142 valence electrons. The van der Waals surface area contributed by atoms with E-state index in [9.17, 15) is 0 Å². The molecule has 2 aliphatic rings. The van der Waals surface area contributed by atoms with E-state index in [1.54, 1.807) is 32.0 Å². The largest absolute Gasteiger partial charge is 0.487 e. The van der Waals surface area contributed by atoms with Crippen LogP contribution >= 0.6 is 11.6 Å². The van der Waals surface area contributed by atoms with Gasteiger partial charge in [-0.1, -0.05) is 11.6 Å². The van der Waals surface area contributed by atoms with Gasteiger partial charge < -0.3 is 15.2 Å². The zero-order valence-corrected chi connectivity index (χ0v) is 15.6. The van der Waals surface area contributed by atoms with Gasteiger partial charge in [0.1, 0.15) is 17.2 Å². The molecule has 0 saturated carbocycles. The van der Waals surface area contributed by atoms with Gasteiger partial charge in [-0.15, -0.1) is 0 Å². The second kappa shape index (κ2) is 6.05. The molecule has 2 atom stereocenters. The molecule has 1 aromatic heterocycles. The quantitative estimate of drug-likeness (QED) is 0.795. The molecule has 2 N–H and O–H groups in total. The summed E-state index contributed by atoms with van der Waals surface area (Å²) in [6, 6.07) is 4.59. The average Bonchev–Trinajstić information content (AvgIpc) is 2.57. The Morgan fingerprint density at radius 2 is 2.04 bits per heavy atom. The molecule has 27 heavy (non-hydrogen) atoms. The van der Waals surface area contributed by atoms with Crippen molar-refractivity contribution >= 4 is 17.6 Å². The lowest BCUT2D eigenvalue weighted by Gasteiger charge is -2.48. The molecule has 4 rings (SSSR count). The van der Waals surface area contributed by atoms with Crippen molar-refractivity contribution in [2.75, 3.05) is 6.54 Å². The molecule has 1 aromatic carbocycles. The molecule has 1 unspecified atom stereocenters. The second-order valence-corrected chi connectivity index (χ2v) is 7.81. The predicted octanol–water partition coefficient (Wildman–Crippen LogP) is 3.98. The molecule has 5 nitrogen and oxygen atoms in total. The summed E-state index contributed by atoms with van der Waals surface area (Å²) in [4.78, 5) is 7.80. The molecule has 8 heteroatoms. The van der Waals surface area contributed by atoms with Crippen LogP contribution in [0.25, 0.3) is 11.1 Å². The van der Waals surface area contributed by atoms with Crippen LogP contribution in [0.5, 0.6) is 5.75 Å². The van der Waals surface area contributed by atoms with Gasteiger partial charge in [0.25, 0.3) is 6.02 Å². The third-order valence-corrected chi connectivity index (χ3v) is 5.02. The number of benzene rings is 1. The van der Waals surface area contributed by atoms with E-state index in [1.165, 1.54) is 12.4 Å². The normalized spacial score (nSPS) is 26.0. The summed E-state index contributed by atoms with van der Waals surface area (Å²) in [5, 5.41) is 0.366. The van der Waals surface area contributed by atoms with Crippen molar-refractivity contribution in [1.82, 2.24) is 4.98 Å². The highest BCUT2D eigenvalue weighted by atomic mass is 35.5. The van der Waals surface area contributed by atoms with E-state index in [-0.39, 0.29) is 35.9 Å². The highest BCUT2D eigenvalue weighted by Gasteiger charge is 2.56. The SMILES string of the molecule is CC1(C)CC2(OC(N)=NC[C@H]2F)c2c(ccc(-c3cncc(Cl)c3)c2F)O1. The monoisotopic (exact) mass is 393 g/mol. The molecule has 0 fully saturated rings. The summed E-state index contributed by atoms with van der Waals surface area (Å²) in [7, 11) is 0. The van der Waals surface area contributed by atoms with Crippen LogP contribution in [-0.2, 0) is 10.3 Å². The molecule has 0 amide bonds. The Kier molecular flexibility index (Phi) is 4.03. The van der Waals surface area contributed by atoms with E-state index < -0.39 is 23.2 Å². The van der Waals surface area contributed by atoms with Crippen molar-refractivity contribution in [1.29, 1.82) is 0 Å². The Morgan fingerprint density at radius 3 is 2.78 bits per heavy atom. The maximum atomic E-state index is 15.7. The first-order chi connectivity index (χ1) is 12.7. The minimum absolute atomic E-state index is 0.00431. The van der Waals surface area contributed by atoms with E-state index in [1.807, 2.05) is 0 Å². The maximum absolute atomic E-state index is 15.7. The summed E-state index contributed by atoms with van der Waals surface area (Å²) in [6.45, 7) is 3.38. The van der Waals surface area contributed by atoms with Crippen LogP contribution in [0.2, 0.25) is 5.02 Å². The van der Waals surface area contributed by atoms with Gasteiger partial charge in [-0.3, -0.25) is 4.98 Å².